The van der Waals surface area contributed by atoms with Gasteiger partial charge in [-0.2, -0.15) is 0 Å². The first-order chi connectivity index (χ1) is 11.2. The Morgan fingerprint density at radius 3 is 2.46 bits per heavy atom. The van der Waals surface area contributed by atoms with Gasteiger partial charge in [-0.15, -0.1) is 12.4 Å². The molecule has 1 amide bonds. The fourth-order valence-corrected chi connectivity index (χ4v) is 3.15. The number of nitrogens with one attached hydrogen (secondary N) is 1. The molecule has 3 rings (SSSR count). The van der Waals surface area contributed by atoms with Crippen molar-refractivity contribution in [3.05, 3.63) is 35.6 Å². The second-order valence-electron chi connectivity index (χ2n) is 6.52. The van der Waals surface area contributed by atoms with Crippen molar-refractivity contribution < 1.29 is 9.18 Å². The third-order valence-electron chi connectivity index (χ3n) is 4.75. The number of piperazine rings is 1. The van der Waals surface area contributed by atoms with Crippen molar-refractivity contribution in [1.29, 1.82) is 0 Å². The summed E-state index contributed by atoms with van der Waals surface area (Å²) in [6.07, 6.45) is 4.01. The van der Waals surface area contributed by atoms with E-state index in [-0.39, 0.29) is 24.1 Å². The average Bonchev–Trinajstić information content (AvgIpc) is 3.42. The van der Waals surface area contributed by atoms with E-state index in [0.29, 0.717) is 12.5 Å². The molecule has 1 saturated heterocycles. The van der Waals surface area contributed by atoms with Crippen molar-refractivity contribution in [2.75, 3.05) is 39.3 Å². The molecular formula is C18H27ClFN3O. The van der Waals surface area contributed by atoms with E-state index in [1.807, 2.05) is 17.0 Å². The Morgan fingerprint density at radius 2 is 1.83 bits per heavy atom. The van der Waals surface area contributed by atoms with Gasteiger partial charge < -0.3 is 10.2 Å². The van der Waals surface area contributed by atoms with Crippen molar-refractivity contribution in [2.45, 2.75) is 31.7 Å². The van der Waals surface area contributed by atoms with Crippen molar-refractivity contribution in [2.24, 2.45) is 0 Å². The Morgan fingerprint density at radius 1 is 1.17 bits per heavy atom. The molecule has 6 heteroatoms. The normalized spacial score (nSPS) is 17.7. The minimum atomic E-state index is -0.186. The minimum absolute atomic E-state index is 0. The maximum absolute atomic E-state index is 13.0. The summed E-state index contributed by atoms with van der Waals surface area (Å²) < 4.78 is 13.0. The first-order valence-electron chi connectivity index (χ1n) is 8.69. The molecule has 0 radical (unpaired) electrons. The molecule has 134 valence electrons. The lowest BCUT2D eigenvalue weighted by molar-refractivity contribution is -0.132. The van der Waals surface area contributed by atoms with Crippen LogP contribution in [0.1, 0.15) is 24.8 Å². The third-order valence-corrected chi connectivity index (χ3v) is 4.75. The molecule has 1 aromatic carbocycles. The highest BCUT2D eigenvalue weighted by molar-refractivity contribution is 5.85. The molecule has 0 bridgehead atoms. The maximum Gasteiger partial charge on any atom is 0.223 e. The first-order valence-corrected chi connectivity index (χ1v) is 8.69. The number of nitrogens with zero attached hydrogens (tertiary/aromatic N) is 2. The lowest BCUT2D eigenvalue weighted by atomic mass is 10.1. The monoisotopic (exact) mass is 355 g/mol. The second kappa shape index (κ2) is 9.35. The van der Waals surface area contributed by atoms with Crippen LogP contribution in [0.5, 0.6) is 0 Å². The summed E-state index contributed by atoms with van der Waals surface area (Å²) in [4.78, 5) is 16.7. The molecule has 1 saturated carbocycles. The van der Waals surface area contributed by atoms with E-state index in [1.165, 1.54) is 25.0 Å². The topological polar surface area (TPSA) is 35.6 Å². The Kier molecular flexibility index (Phi) is 7.46. The van der Waals surface area contributed by atoms with Gasteiger partial charge in [0.25, 0.3) is 0 Å². The largest absolute Gasteiger partial charge is 0.340 e. The fourth-order valence-electron chi connectivity index (χ4n) is 3.15. The summed E-state index contributed by atoms with van der Waals surface area (Å²) in [6.45, 7) is 5.26. The number of amides is 1. The van der Waals surface area contributed by atoms with Crippen LogP contribution in [0.2, 0.25) is 0 Å². The molecule has 0 unspecified atom stereocenters. The van der Waals surface area contributed by atoms with Gasteiger partial charge in [0.2, 0.25) is 5.91 Å². The number of carbonyl (C=O) groups is 1. The van der Waals surface area contributed by atoms with Gasteiger partial charge in [-0.1, -0.05) is 12.1 Å². The lowest BCUT2D eigenvalue weighted by Gasteiger charge is -2.29. The molecule has 1 aromatic rings. The van der Waals surface area contributed by atoms with E-state index >= 15 is 0 Å². The highest BCUT2D eigenvalue weighted by Gasteiger charge is 2.29. The maximum atomic E-state index is 13.0. The summed E-state index contributed by atoms with van der Waals surface area (Å²) in [5.41, 5.74) is 1.16. The minimum Gasteiger partial charge on any atom is -0.340 e. The van der Waals surface area contributed by atoms with Crippen molar-refractivity contribution >= 4 is 18.3 Å². The predicted molar refractivity (Wildman–Crippen MR) is 96.0 cm³/mol. The van der Waals surface area contributed by atoms with E-state index in [1.54, 1.807) is 0 Å². The van der Waals surface area contributed by atoms with Gasteiger partial charge in [0, 0.05) is 51.7 Å². The van der Waals surface area contributed by atoms with Gasteiger partial charge in [0.1, 0.15) is 5.82 Å². The summed E-state index contributed by atoms with van der Waals surface area (Å²) >= 11 is 0. The zero-order valence-electron chi connectivity index (χ0n) is 14.0. The van der Waals surface area contributed by atoms with E-state index in [2.05, 4.69) is 10.2 Å². The third kappa shape index (κ3) is 5.72. The molecular weight excluding hydrogens is 329 g/mol. The lowest BCUT2D eigenvalue weighted by Crippen LogP contribution is -2.47. The smallest absolute Gasteiger partial charge is 0.223 e. The van der Waals surface area contributed by atoms with Crippen LogP contribution < -0.4 is 5.32 Å². The number of benzene rings is 1. The highest BCUT2D eigenvalue weighted by Crippen LogP contribution is 2.27. The van der Waals surface area contributed by atoms with Crippen LogP contribution in [0.3, 0.4) is 0 Å². The fraction of sp³-hybridized carbons (Fsp3) is 0.611. The highest BCUT2D eigenvalue weighted by atomic mass is 35.5. The summed E-state index contributed by atoms with van der Waals surface area (Å²) in [6, 6.07) is 7.39. The van der Waals surface area contributed by atoms with Crippen molar-refractivity contribution in [3.8, 4) is 0 Å². The van der Waals surface area contributed by atoms with E-state index in [9.17, 15) is 9.18 Å². The Balaban J connectivity index is 0.00000208. The Hall–Kier alpha value is -1.17. The van der Waals surface area contributed by atoms with Crippen molar-refractivity contribution in [3.63, 3.8) is 0 Å². The molecule has 1 N–H and O–H groups in total. The summed E-state index contributed by atoms with van der Waals surface area (Å²) in [7, 11) is 0. The van der Waals surface area contributed by atoms with Crippen LogP contribution >= 0.6 is 12.4 Å². The van der Waals surface area contributed by atoms with Gasteiger partial charge in [0.15, 0.2) is 0 Å². The van der Waals surface area contributed by atoms with Crippen LogP contribution in [-0.2, 0) is 11.2 Å². The Labute approximate surface area is 149 Å². The molecule has 1 aliphatic heterocycles. The summed E-state index contributed by atoms with van der Waals surface area (Å²) in [5, 5.41) is 3.27. The van der Waals surface area contributed by atoms with E-state index in [0.717, 1.165) is 51.3 Å². The zero-order valence-corrected chi connectivity index (χ0v) is 14.9. The number of rotatable bonds is 7. The predicted octanol–water partition coefficient (Wildman–Crippen LogP) is 2.08. The zero-order chi connectivity index (χ0) is 16.1. The second-order valence-corrected chi connectivity index (χ2v) is 6.52. The quantitative estimate of drug-likeness (QED) is 0.813. The average molecular weight is 356 g/mol. The van der Waals surface area contributed by atoms with Crippen LogP contribution in [-0.4, -0.2) is 61.0 Å². The molecule has 1 heterocycles. The Bertz CT molecular complexity index is 516. The van der Waals surface area contributed by atoms with Crippen LogP contribution in [0.4, 0.5) is 4.39 Å². The van der Waals surface area contributed by atoms with Gasteiger partial charge in [-0.3, -0.25) is 9.69 Å². The molecule has 2 fully saturated rings. The number of carbonyl (C=O) groups excluding carboxylic acids is 1. The SMILES string of the molecule is Cl.O=C(CCN(CCc1ccc(F)cc1)C1CC1)N1CCNCC1. The van der Waals surface area contributed by atoms with E-state index < -0.39 is 0 Å². The molecule has 4 nitrogen and oxygen atoms in total. The number of halogens is 2. The molecule has 0 spiro atoms. The van der Waals surface area contributed by atoms with Crippen LogP contribution in [0.15, 0.2) is 24.3 Å². The van der Waals surface area contributed by atoms with Crippen LogP contribution in [0, 0.1) is 5.82 Å². The number of hydrogen-bond acceptors (Lipinski definition) is 3. The van der Waals surface area contributed by atoms with Gasteiger partial charge >= 0.3 is 0 Å². The summed E-state index contributed by atoms with van der Waals surface area (Å²) in [5.74, 6) is 0.0911. The molecule has 24 heavy (non-hydrogen) atoms. The first kappa shape index (κ1) is 19.2. The van der Waals surface area contributed by atoms with Crippen molar-refractivity contribution in [1.82, 2.24) is 15.1 Å². The number of hydrogen-bond donors (Lipinski definition) is 1. The van der Waals surface area contributed by atoms with Gasteiger partial charge in [-0.05, 0) is 37.0 Å². The van der Waals surface area contributed by atoms with Crippen LogP contribution in [0.25, 0.3) is 0 Å². The molecule has 2 aliphatic rings. The molecule has 0 aromatic heterocycles. The van der Waals surface area contributed by atoms with E-state index in [4.69, 9.17) is 0 Å². The molecule has 1 aliphatic carbocycles. The standard InChI is InChI=1S/C18H26FN3O.ClH/c19-16-3-1-15(2-4-16)7-11-21(17-5-6-17)12-8-18(23)22-13-9-20-10-14-22;/h1-4,17,20H,5-14H2;1H. The van der Waals surface area contributed by atoms with Gasteiger partial charge in [0.05, 0.1) is 0 Å². The molecule has 0 atom stereocenters. The van der Waals surface area contributed by atoms with Gasteiger partial charge in [-0.25, -0.2) is 4.39 Å².